The van der Waals surface area contributed by atoms with E-state index in [1.54, 1.807) is 30.3 Å². The van der Waals surface area contributed by atoms with Crippen molar-refractivity contribution in [1.29, 1.82) is 0 Å². The Morgan fingerprint density at radius 1 is 1.16 bits per heavy atom. The number of hydrogen-bond donors (Lipinski definition) is 1. The fourth-order valence-corrected chi connectivity index (χ4v) is 2.14. The number of carbonyl (C=O) groups is 1. The van der Waals surface area contributed by atoms with E-state index >= 15 is 0 Å². The number of likely N-dealkylation sites (tertiary alicyclic amines) is 1. The molecular weight excluding hydrogens is 257 g/mol. The fraction of sp³-hybridized carbons (Fsp3) is 0.462. The molecule has 0 radical (unpaired) electrons. The van der Waals surface area contributed by atoms with E-state index in [1.807, 2.05) is 0 Å². The summed E-state index contributed by atoms with van der Waals surface area (Å²) in [6.07, 6.45) is -3.63. The maximum atomic E-state index is 12.4. The Hall–Kier alpha value is -1.56. The van der Waals surface area contributed by atoms with E-state index in [0.29, 0.717) is 23.3 Å². The third-order valence-electron chi connectivity index (χ3n) is 3.22. The summed E-state index contributed by atoms with van der Waals surface area (Å²) in [7, 11) is 0. The highest BCUT2D eigenvalue weighted by molar-refractivity contribution is 5.94. The second kappa shape index (κ2) is 5.61. The topological polar surface area (TPSA) is 32.3 Å². The minimum Gasteiger partial charge on any atom is -0.349 e. The first-order valence-electron chi connectivity index (χ1n) is 6.14. The molecule has 0 bridgehead atoms. The van der Waals surface area contributed by atoms with Crippen LogP contribution in [0.15, 0.2) is 30.3 Å². The van der Waals surface area contributed by atoms with Crippen LogP contribution in [0.25, 0.3) is 0 Å². The lowest BCUT2D eigenvalue weighted by molar-refractivity contribution is -0.250. The molecule has 0 atom stereocenters. The average molecular weight is 272 g/mol. The lowest BCUT2D eigenvalue weighted by Crippen LogP contribution is -2.49. The highest BCUT2D eigenvalue weighted by Crippen LogP contribution is 2.25. The summed E-state index contributed by atoms with van der Waals surface area (Å²) in [6, 6.07) is 8.48. The predicted molar refractivity (Wildman–Crippen MR) is 64.6 cm³/mol. The van der Waals surface area contributed by atoms with Gasteiger partial charge in [0, 0.05) is 24.7 Å². The molecular formula is C13H15F3N2O. The molecule has 1 aromatic rings. The smallest absolute Gasteiger partial charge is 0.349 e. The SMILES string of the molecule is O=C(NC1CCN(C(F)(F)F)CC1)c1ccccc1. The molecule has 1 heterocycles. The largest absolute Gasteiger partial charge is 0.459 e. The number of alkyl halides is 3. The zero-order valence-corrected chi connectivity index (χ0v) is 10.3. The van der Waals surface area contributed by atoms with Gasteiger partial charge in [-0.15, -0.1) is 0 Å². The monoisotopic (exact) mass is 272 g/mol. The van der Waals surface area contributed by atoms with Crippen molar-refractivity contribution in [3.05, 3.63) is 35.9 Å². The standard InChI is InChI=1S/C13H15F3N2O/c14-13(15,16)18-8-6-11(7-9-18)17-12(19)10-4-2-1-3-5-10/h1-5,11H,6-9H2,(H,17,19). The molecule has 1 aliphatic rings. The van der Waals surface area contributed by atoms with Gasteiger partial charge in [-0.3, -0.25) is 4.79 Å². The van der Waals surface area contributed by atoms with Gasteiger partial charge in [-0.2, -0.15) is 13.2 Å². The van der Waals surface area contributed by atoms with E-state index in [2.05, 4.69) is 5.32 Å². The van der Waals surface area contributed by atoms with E-state index < -0.39 is 6.30 Å². The number of benzene rings is 1. The van der Waals surface area contributed by atoms with Crippen molar-refractivity contribution in [3.63, 3.8) is 0 Å². The van der Waals surface area contributed by atoms with Crippen molar-refractivity contribution in [3.8, 4) is 0 Å². The molecule has 0 aromatic heterocycles. The van der Waals surface area contributed by atoms with Crippen LogP contribution in [0.2, 0.25) is 0 Å². The van der Waals surface area contributed by atoms with Crippen molar-refractivity contribution in [1.82, 2.24) is 10.2 Å². The zero-order valence-electron chi connectivity index (χ0n) is 10.3. The van der Waals surface area contributed by atoms with Crippen molar-refractivity contribution >= 4 is 5.91 Å². The third-order valence-corrected chi connectivity index (χ3v) is 3.22. The van der Waals surface area contributed by atoms with E-state index in [-0.39, 0.29) is 25.0 Å². The van der Waals surface area contributed by atoms with Crippen LogP contribution >= 0.6 is 0 Å². The summed E-state index contributed by atoms with van der Waals surface area (Å²) in [5.41, 5.74) is 0.528. The number of carbonyl (C=O) groups excluding carboxylic acids is 1. The fourth-order valence-electron chi connectivity index (χ4n) is 2.14. The van der Waals surface area contributed by atoms with Gasteiger partial charge in [0.25, 0.3) is 5.91 Å². The molecule has 3 nitrogen and oxygen atoms in total. The highest BCUT2D eigenvalue weighted by Gasteiger charge is 2.39. The van der Waals surface area contributed by atoms with Gasteiger partial charge in [0.1, 0.15) is 0 Å². The first-order chi connectivity index (χ1) is 8.97. The van der Waals surface area contributed by atoms with E-state index in [9.17, 15) is 18.0 Å². The minimum atomic E-state index is -4.27. The van der Waals surface area contributed by atoms with Crippen LogP contribution in [0.1, 0.15) is 23.2 Å². The highest BCUT2D eigenvalue weighted by atomic mass is 19.4. The van der Waals surface area contributed by atoms with E-state index in [0.717, 1.165) is 0 Å². The molecule has 1 aromatic carbocycles. The van der Waals surface area contributed by atoms with Crippen LogP contribution in [0, 0.1) is 0 Å². The Kier molecular flexibility index (Phi) is 4.09. The van der Waals surface area contributed by atoms with E-state index in [1.165, 1.54) is 0 Å². The lowest BCUT2D eigenvalue weighted by Gasteiger charge is -2.33. The van der Waals surface area contributed by atoms with Gasteiger partial charge in [-0.25, -0.2) is 4.90 Å². The quantitative estimate of drug-likeness (QED) is 0.838. The Balaban J connectivity index is 1.85. The Morgan fingerprint density at radius 2 is 1.74 bits per heavy atom. The summed E-state index contributed by atoms with van der Waals surface area (Å²) in [6.45, 7) is -0.132. The Bertz CT molecular complexity index is 425. The molecule has 1 fully saturated rings. The van der Waals surface area contributed by atoms with Crippen LogP contribution in [0.4, 0.5) is 13.2 Å². The van der Waals surface area contributed by atoms with Crippen molar-refractivity contribution in [2.75, 3.05) is 13.1 Å². The van der Waals surface area contributed by atoms with Crippen LogP contribution in [-0.4, -0.2) is 36.2 Å². The van der Waals surface area contributed by atoms with Crippen LogP contribution in [-0.2, 0) is 0 Å². The van der Waals surface area contributed by atoms with Crippen LogP contribution < -0.4 is 5.32 Å². The summed E-state index contributed by atoms with van der Waals surface area (Å²) in [5, 5.41) is 2.77. The van der Waals surface area contributed by atoms with Crippen LogP contribution in [0.5, 0.6) is 0 Å². The number of rotatable bonds is 2. The Morgan fingerprint density at radius 3 is 2.26 bits per heavy atom. The minimum absolute atomic E-state index is 0.0662. The zero-order chi connectivity index (χ0) is 13.9. The predicted octanol–water partition coefficient (Wildman–Crippen LogP) is 2.40. The molecule has 1 aliphatic heterocycles. The van der Waals surface area contributed by atoms with Gasteiger partial charge in [0.15, 0.2) is 0 Å². The molecule has 1 amide bonds. The first kappa shape index (κ1) is 13.9. The summed E-state index contributed by atoms with van der Waals surface area (Å²) < 4.78 is 37.3. The summed E-state index contributed by atoms with van der Waals surface area (Å²) in [4.78, 5) is 12.3. The second-order valence-electron chi connectivity index (χ2n) is 4.57. The Labute approximate surface area is 109 Å². The van der Waals surface area contributed by atoms with Gasteiger partial charge >= 0.3 is 6.30 Å². The molecule has 6 heteroatoms. The molecule has 2 rings (SSSR count). The van der Waals surface area contributed by atoms with Crippen molar-refractivity contribution < 1.29 is 18.0 Å². The molecule has 19 heavy (non-hydrogen) atoms. The number of hydrogen-bond acceptors (Lipinski definition) is 2. The average Bonchev–Trinajstić information content (AvgIpc) is 2.39. The summed E-state index contributed by atoms with van der Waals surface area (Å²) in [5.74, 6) is -0.231. The van der Waals surface area contributed by atoms with Gasteiger partial charge in [-0.1, -0.05) is 18.2 Å². The third kappa shape index (κ3) is 3.70. The number of nitrogens with zero attached hydrogens (tertiary/aromatic N) is 1. The normalized spacial score (nSPS) is 18.3. The molecule has 0 unspecified atom stereocenters. The van der Waals surface area contributed by atoms with Gasteiger partial charge in [-0.05, 0) is 25.0 Å². The second-order valence-corrected chi connectivity index (χ2v) is 4.57. The molecule has 0 saturated carbocycles. The van der Waals surface area contributed by atoms with Gasteiger partial charge in [0.05, 0.1) is 0 Å². The molecule has 104 valence electrons. The van der Waals surface area contributed by atoms with Crippen molar-refractivity contribution in [2.45, 2.75) is 25.2 Å². The van der Waals surface area contributed by atoms with Gasteiger partial charge in [0.2, 0.25) is 0 Å². The number of amides is 1. The number of piperidine rings is 1. The number of halogens is 3. The molecule has 1 N–H and O–H groups in total. The van der Waals surface area contributed by atoms with Gasteiger partial charge < -0.3 is 5.32 Å². The lowest BCUT2D eigenvalue weighted by atomic mass is 10.0. The molecule has 0 aliphatic carbocycles. The molecule has 1 saturated heterocycles. The maximum Gasteiger partial charge on any atom is 0.459 e. The first-order valence-corrected chi connectivity index (χ1v) is 6.14. The number of nitrogens with one attached hydrogen (secondary N) is 1. The maximum absolute atomic E-state index is 12.4. The molecule has 0 spiro atoms. The van der Waals surface area contributed by atoms with E-state index in [4.69, 9.17) is 0 Å². The van der Waals surface area contributed by atoms with Crippen molar-refractivity contribution in [2.24, 2.45) is 0 Å². The van der Waals surface area contributed by atoms with Crippen LogP contribution in [0.3, 0.4) is 0 Å². The summed E-state index contributed by atoms with van der Waals surface area (Å²) >= 11 is 0.